The molecule has 4 nitrogen and oxygen atoms in total. The van der Waals surface area contributed by atoms with Crippen molar-refractivity contribution in [3.63, 3.8) is 0 Å². The molecule has 5 heteroatoms. The maximum atomic E-state index is 5.96. The lowest BCUT2D eigenvalue weighted by Crippen LogP contribution is -2.44. The molecular formula is C16H24N2O2S. The molecular weight excluding hydrogens is 284 g/mol. The Morgan fingerprint density at radius 2 is 2.05 bits per heavy atom. The van der Waals surface area contributed by atoms with Gasteiger partial charge in [-0.15, -0.1) is 0 Å². The van der Waals surface area contributed by atoms with Crippen molar-refractivity contribution in [2.45, 2.75) is 12.5 Å². The van der Waals surface area contributed by atoms with Crippen LogP contribution in [0.25, 0.3) is 0 Å². The molecule has 0 amide bonds. The molecule has 1 aromatic rings. The Labute approximate surface area is 131 Å². The number of ether oxygens (including phenoxy) is 2. The van der Waals surface area contributed by atoms with Crippen LogP contribution in [0.2, 0.25) is 0 Å². The SMILES string of the molecule is COc1cc(CCN2CCNCC2)ccc1OC1CSC1. The van der Waals surface area contributed by atoms with E-state index in [-0.39, 0.29) is 0 Å². The third-order valence-electron chi connectivity index (χ3n) is 4.06. The lowest BCUT2D eigenvalue weighted by Gasteiger charge is -2.28. The van der Waals surface area contributed by atoms with E-state index in [1.165, 1.54) is 5.56 Å². The highest BCUT2D eigenvalue weighted by molar-refractivity contribution is 8.00. The number of hydrogen-bond donors (Lipinski definition) is 1. The molecule has 116 valence electrons. The predicted octanol–water partition coefficient (Wildman–Crippen LogP) is 1.64. The molecule has 2 heterocycles. The zero-order chi connectivity index (χ0) is 14.5. The largest absolute Gasteiger partial charge is 0.493 e. The van der Waals surface area contributed by atoms with E-state index >= 15 is 0 Å². The molecule has 2 fully saturated rings. The summed E-state index contributed by atoms with van der Waals surface area (Å²) in [5, 5.41) is 3.39. The number of hydrogen-bond acceptors (Lipinski definition) is 5. The molecule has 0 spiro atoms. The number of benzene rings is 1. The lowest BCUT2D eigenvalue weighted by molar-refractivity contribution is 0.228. The second-order valence-electron chi connectivity index (χ2n) is 5.60. The first-order valence-electron chi connectivity index (χ1n) is 7.69. The summed E-state index contributed by atoms with van der Waals surface area (Å²) in [6.45, 7) is 5.63. The van der Waals surface area contributed by atoms with E-state index in [1.54, 1.807) is 7.11 Å². The number of piperazine rings is 1. The Morgan fingerprint density at radius 1 is 1.24 bits per heavy atom. The highest BCUT2D eigenvalue weighted by Gasteiger charge is 2.21. The monoisotopic (exact) mass is 308 g/mol. The highest BCUT2D eigenvalue weighted by Crippen LogP contribution is 2.32. The standard InChI is InChI=1S/C16H24N2O2S/c1-19-16-10-13(4-7-18-8-5-17-6-9-18)2-3-15(16)20-14-11-21-12-14/h2-3,10,14,17H,4-9,11-12H2,1H3. The van der Waals surface area contributed by atoms with Crippen LogP contribution in [0.4, 0.5) is 0 Å². The smallest absolute Gasteiger partial charge is 0.161 e. The summed E-state index contributed by atoms with van der Waals surface area (Å²) >= 11 is 1.93. The maximum absolute atomic E-state index is 5.96. The van der Waals surface area contributed by atoms with Gasteiger partial charge in [0, 0.05) is 44.2 Å². The molecule has 3 rings (SSSR count). The predicted molar refractivity (Wildman–Crippen MR) is 87.7 cm³/mol. The van der Waals surface area contributed by atoms with Gasteiger partial charge in [0.1, 0.15) is 6.10 Å². The molecule has 0 aromatic heterocycles. The average Bonchev–Trinajstić information content (AvgIpc) is 2.50. The summed E-state index contributed by atoms with van der Waals surface area (Å²) in [7, 11) is 1.72. The van der Waals surface area contributed by atoms with Crippen molar-refractivity contribution in [3.8, 4) is 11.5 Å². The van der Waals surface area contributed by atoms with E-state index in [4.69, 9.17) is 9.47 Å². The fraction of sp³-hybridized carbons (Fsp3) is 0.625. The topological polar surface area (TPSA) is 33.7 Å². The van der Waals surface area contributed by atoms with Crippen molar-refractivity contribution in [1.82, 2.24) is 10.2 Å². The average molecular weight is 308 g/mol. The lowest BCUT2D eigenvalue weighted by atomic mass is 10.1. The molecule has 1 N–H and O–H groups in total. The summed E-state index contributed by atoms with van der Waals surface area (Å²) in [6.07, 6.45) is 1.42. The van der Waals surface area contributed by atoms with Crippen LogP contribution in [0, 0.1) is 0 Å². The number of rotatable bonds is 6. The molecule has 1 aromatic carbocycles. The van der Waals surface area contributed by atoms with Gasteiger partial charge in [0.25, 0.3) is 0 Å². The third-order valence-corrected chi connectivity index (χ3v) is 5.27. The first kappa shape index (κ1) is 15.0. The molecule has 2 aliphatic heterocycles. The zero-order valence-corrected chi connectivity index (χ0v) is 13.5. The van der Waals surface area contributed by atoms with Gasteiger partial charge >= 0.3 is 0 Å². The van der Waals surface area contributed by atoms with Crippen molar-refractivity contribution < 1.29 is 9.47 Å². The van der Waals surface area contributed by atoms with Crippen LogP contribution >= 0.6 is 11.8 Å². The van der Waals surface area contributed by atoms with Gasteiger partial charge in [0.05, 0.1) is 7.11 Å². The highest BCUT2D eigenvalue weighted by atomic mass is 32.2. The third kappa shape index (κ3) is 4.05. The van der Waals surface area contributed by atoms with E-state index < -0.39 is 0 Å². The van der Waals surface area contributed by atoms with Crippen LogP contribution in [0.15, 0.2) is 18.2 Å². The number of nitrogens with zero attached hydrogens (tertiary/aromatic N) is 1. The Hall–Kier alpha value is -0.910. The van der Waals surface area contributed by atoms with Crippen molar-refractivity contribution in [1.29, 1.82) is 0 Å². The molecule has 0 unspecified atom stereocenters. The normalized spacial score (nSPS) is 20.0. The number of nitrogens with one attached hydrogen (secondary N) is 1. The van der Waals surface area contributed by atoms with Gasteiger partial charge in [0.2, 0.25) is 0 Å². The van der Waals surface area contributed by atoms with E-state index in [2.05, 4.69) is 28.4 Å². The van der Waals surface area contributed by atoms with E-state index in [0.717, 1.165) is 62.1 Å². The number of methoxy groups -OCH3 is 1. The molecule has 2 aliphatic rings. The molecule has 0 atom stereocenters. The molecule has 0 radical (unpaired) electrons. The second-order valence-corrected chi connectivity index (χ2v) is 6.68. The van der Waals surface area contributed by atoms with Gasteiger partial charge in [-0.3, -0.25) is 0 Å². The molecule has 2 saturated heterocycles. The van der Waals surface area contributed by atoms with Gasteiger partial charge in [0.15, 0.2) is 11.5 Å². The first-order chi connectivity index (χ1) is 10.3. The summed E-state index contributed by atoms with van der Waals surface area (Å²) in [4.78, 5) is 2.51. The Bertz CT molecular complexity index is 460. The van der Waals surface area contributed by atoms with Gasteiger partial charge < -0.3 is 19.7 Å². The van der Waals surface area contributed by atoms with Crippen molar-refractivity contribution in [3.05, 3.63) is 23.8 Å². The van der Waals surface area contributed by atoms with Gasteiger partial charge in [-0.25, -0.2) is 0 Å². The zero-order valence-electron chi connectivity index (χ0n) is 12.6. The minimum Gasteiger partial charge on any atom is -0.493 e. The van der Waals surface area contributed by atoms with Crippen molar-refractivity contribution >= 4 is 11.8 Å². The Kier molecular flexibility index (Phi) is 5.27. The van der Waals surface area contributed by atoms with E-state index in [9.17, 15) is 0 Å². The van der Waals surface area contributed by atoms with Gasteiger partial charge in [-0.2, -0.15) is 11.8 Å². The second kappa shape index (κ2) is 7.38. The molecule has 0 saturated carbocycles. The van der Waals surface area contributed by atoms with Crippen molar-refractivity contribution in [2.24, 2.45) is 0 Å². The van der Waals surface area contributed by atoms with Crippen LogP contribution in [0.3, 0.4) is 0 Å². The minimum atomic E-state index is 0.357. The Balaban J connectivity index is 1.57. The summed E-state index contributed by atoms with van der Waals surface area (Å²) in [5.74, 6) is 3.93. The van der Waals surface area contributed by atoms with Crippen LogP contribution in [0.1, 0.15) is 5.56 Å². The quantitative estimate of drug-likeness (QED) is 0.864. The van der Waals surface area contributed by atoms with Gasteiger partial charge in [-0.1, -0.05) is 6.07 Å². The fourth-order valence-corrected chi connectivity index (χ4v) is 3.21. The molecule has 0 bridgehead atoms. The molecule has 21 heavy (non-hydrogen) atoms. The van der Waals surface area contributed by atoms with Gasteiger partial charge in [-0.05, 0) is 24.1 Å². The molecule has 0 aliphatic carbocycles. The first-order valence-corrected chi connectivity index (χ1v) is 8.85. The summed E-state index contributed by atoms with van der Waals surface area (Å²) in [6, 6.07) is 6.37. The van der Waals surface area contributed by atoms with Crippen LogP contribution in [-0.2, 0) is 6.42 Å². The maximum Gasteiger partial charge on any atom is 0.161 e. The van der Waals surface area contributed by atoms with Crippen LogP contribution in [0.5, 0.6) is 11.5 Å². The Morgan fingerprint density at radius 3 is 2.71 bits per heavy atom. The van der Waals surface area contributed by atoms with E-state index in [1.807, 2.05) is 11.8 Å². The minimum absolute atomic E-state index is 0.357. The summed E-state index contributed by atoms with van der Waals surface area (Å²) < 4.78 is 11.4. The van der Waals surface area contributed by atoms with Crippen LogP contribution < -0.4 is 14.8 Å². The van der Waals surface area contributed by atoms with Crippen molar-refractivity contribution in [2.75, 3.05) is 51.3 Å². The van der Waals surface area contributed by atoms with E-state index in [0.29, 0.717) is 6.10 Å². The summed E-state index contributed by atoms with van der Waals surface area (Å²) in [5.41, 5.74) is 1.32. The fourth-order valence-electron chi connectivity index (χ4n) is 2.65. The van der Waals surface area contributed by atoms with Crippen LogP contribution in [-0.4, -0.2) is 62.3 Å². The number of thioether (sulfide) groups is 1.